The van der Waals surface area contributed by atoms with Gasteiger partial charge in [-0.15, -0.1) is 0 Å². The van der Waals surface area contributed by atoms with Gasteiger partial charge in [-0.05, 0) is 37.0 Å². The fraction of sp³-hybridized carbons (Fsp3) is 0.545. The minimum absolute atomic E-state index is 0.105. The number of hydrogen-bond acceptors (Lipinski definition) is 3. The lowest BCUT2D eigenvalue weighted by molar-refractivity contribution is 0.0756. The van der Waals surface area contributed by atoms with Crippen LogP contribution in [0.2, 0.25) is 0 Å². The molecule has 1 amide bonds. The van der Waals surface area contributed by atoms with Crippen molar-refractivity contribution >= 4 is 29.7 Å². The lowest BCUT2D eigenvalue weighted by atomic mass is 9.82. The van der Waals surface area contributed by atoms with E-state index in [2.05, 4.69) is 12.2 Å². The summed E-state index contributed by atoms with van der Waals surface area (Å²) in [6.07, 6.45) is 12.6. The first-order chi connectivity index (χ1) is 13.5. The van der Waals surface area contributed by atoms with Crippen LogP contribution in [0.25, 0.3) is 12.2 Å². The zero-order valence-corrected chi connectivity index (χ0v) is 17.2. The van der Waals surface area contributed by atoms with Crippen LogP contribution in [0.5, 0.6) is 0 Å². The highest BCUT2D eigenvalue weighted by atomic mass is 35.5. The quantitative estimate of drug-likeness (QED) is 0.750. The van der Waals surface area contributed by atoms with E-state index >= 15 is 0 Å². The summed E-state index contributed by atoms with van der Waals surface area (Å²) in [5.41, 5.74) is 0.775. The third-order valence-corrected chi connectivity index (χ3v) is 6.00. The van der Waals surface area contributed by atoms with Crippen molar-refractivity contribution < 1.29 is 9.90 Å². The SMILES string of the molecule is CCCCn1c2c(cc(C(=O)NC3(CO)CCCCC3)c1=O)C=CCC(Cl)=C2. The van der Waals surface area contributed by atoms with Crippen molar-refractivity contribution in [2.45, 2.75) is 70.4 Å². The minimum Gasteiger partial charge on any atom is -0.394 e. The molecule has 0 saturated heterocycles. The molecule has 152 valence electrons. The Morgan fingerprint density at radius 1 is 1.32 bits per heavy atom. The largest absolute Gasteiger partial charge is 0.394 e. The van der Waals surface area contributed by atoms with Crippen molar-refractivity contribution in [2.24, 2.45) is 0 Å². The van der Waals surface area contributed by atoms with Gasteiger partial charge in [0, 0.05) is 18.0 Å². The molecule has 0 radical (unpaired) electrons. The number of unbranched alkanes of at least 4 members (excludes halogenated alkanes) is 1. The van der Waals surface area contributed by atoms with E-state index in [0.717, 1.165) is 56.2 Å². The molecule has 3 rings (SSSR count). The Labute approximate surface area is 171 Å². The molecule has 1 saturated carbocycles. The molecule has 6 heteroatoms. The van der Waals surface area contributed by atoms with Crippen LogP contribution in [0.3, 0.4) is 0 Å². The molecule has 1 aromatic rings. The Hall–Kier alpha value is -1.85. The maximum absolute atomic E-state index is 13.2. The van der Waals surface area contributed by atoms with Gasteiger partial charge in [-0.2, -0.15) is 0 Å². The summed E-state index contributed by atoms with van der Waals surface area (Å²) in [5, 5.41) is 13.6. The number of nitrogens with zero attached hydrogens (tertiary/aromatic N) is 1. The second kappa shape index (κ2) is 9.10. The summed E-state index contributed by atoms with van der Waals surface area (Å²) in [4.78, 5) is 26.2. The summed E-state index contributed by atoms with van der Waals surface area (Å²) in [6.45, 7) is 2.50. The van der Waals surface area contributed by atoms with Crippen LogP contribution in [0.15, 0.2) is 22.0 Å². The lowest BCUT2D eigenvalue weighted by Crippen LogP contribution is -2.53. The smallest absolute Gasteiger partial charge is 0.263 e. The van der Waals surface area contributed by atoms with E-state index in [9.17, 15) is 14.7 Å². The van der Waals surface area contributed by atoms with E-state index in [4.69, 9.17) is 11.6 Å². The molecule has 1 aromatic heterocycles. The Kier molecular flexibility index (Phi) is 6.78. The molecule has 1 fully saturated rings. The van der Waals surface area contributed by atoms with Gasteiger partial charge in [0.15, 0.2) is 0 Å². The zero-order valence-electron chi connectivity index (χ0n) is 16.5. The Morgan fingerprint density at radius 3 is 2.75 bits per heavy atom. The van der Waals surface area contributed by atoms with Gasteiger partial charge in [-0.25, -0.2) is 0 Å². The first-order valence-corrected chi connectivity index (χ1v) is 10.6. The predicted octanol–water partition coefficient (Wildman–Crippen LogP) is 4.07. The normalized spacial score (nSPS) is 18.2. The summed E-state index contributed by atoms with van der Waals surface area (Å²) in [7, 11) is 0. The van der Waals surface area contributed by atoms with E-state index in [-0.39, 0.29) is 17.7 Å². The van der Waals surface area contributed by atoms with Crippen molar-refractivity contribution in [1.82, 2.24) is 9.88 Å². The first kappa shape index (κ1) is 20.9. The van der Waals surface area contributed by atoms with Gasteiger partial charge in [0.25, 0.3) is 11.5 Å². The number of fused-ring (bicyclic) bond motifs is 1. The van der Waals surface area contributed by atoms with Crippen molar-refractivity contribution in [3.05, 3.63) is 44.3 Å². The van der Waals surface area contributed by atoms with Crippen LogP contribution in [0.1, 0.15) is 79.9 Å². The second-order valence-corrected chi connectivity index (χ2v) is 8.35. The highest BCUT2D eigenvalue weighted by Crippen LogP contribution is 2.28. The molecule has 1 heterocycles. The van der Waals surface area contributed by atoms with Crippen LogP contribution in [-0.2, 0) is 6.54 Å². The Morgan fingerprint density at radius 2 is 2.07 bits per heavy atom. The highest BCUT2D eigenvalue weighted by Gasteiger charge is 2.34. The van der Waals surface area contributed by atoms with Gasteiger partial charge in [0.1, 0.15) is 5.56 Å². The number of nitrogens with one attached hydrogen (secondary N) is 1. The van der Waals surface area contributed by atoms with Crippen molar-refractivity contribution in [2.75, 3.05) is 6.61 Å². The average Bonchev–Trinajstić information content (AvgIpc) is 2.88. The molecule has 5 nitrogen and oxygen atoms in total. The van der Waals surface area contributed by atoms with Gasteiger partial charge >= 0.3 is 0 Å². The number of halogens is 1. The topological polar surface area (TPSA) is 71.3 Å². The van der Waals surface area contributed by atoms with E-state index in [1.165, 1.54) is 0 Å². The van der Waals surface area contributed by atoms with Gasteiger partial charge in [-0.3, -0.25) is 9.59 Å². The average molecular weight is 405 g/mol. The summed E-state index contributed by atoms with van der Waals surface area (Å²) in [5.74, 6) is -0.401. The molecule has 0 aliphatic heterocycles. The van der Waals surface area contributed by atoms with E-state index in [1.54, 1.807) is 10.6 Å². The third-order valence-electron chi connectivity index (χ3n) is 5.74. The fourth-order valence-corrected chi connectivity index (χ4v) is 4.26. The van der Waals surface area contributed by atoms with E-state index < -0.39 is 11.4 Å². The van der Waals surface area contributed by atoms with Crippen molar-refractivity contribution in [3.8, 4) is 0 Å². The minimum atomic E-state index is -0.623. The van der Waals surface area contributed by atoms with Crippen LogP contribution in [0, 0.1) is 0 Å². The van der Waals surface area contributed by atoms with E-state index in [1.807, 2.05) is 18.2 Å². The Bertz CT molecular complexity index is 848. The van der Waals surface area contributed by atoms with Crippen LogP contribution < -0.4 is 10.9 Å². The fourth-order valence-electron chi connectivity index (χ4n) is 4.06. The number of pyridine rings is 1. The second-order valence-electron chi connectivity index (χ2n) is 7.86. The van der Waals surface area contributed by atoms with Gasteiger partial charge in [-0.1, -0.05) is 56.4 Å². The number of aliphatic hydroxyl groups is 1. The van der Waals surface area contributed by atoms with E-state index in [0.29, 0.717) is 18.0 Å². The summed E-state index contributed by atoms with van der Waals surface area (Å²) in [6, 6.07) is 1.66. The molecule has 28 heavy (non-hydrogen) atoms. The summed E-state index contributed by atoms with van der Waals surface area (Å²) < 4.78 is 1.66. The molecule has 0 spiro atoms. The lowest BCUT2D eigenvalue weighted by Gasteiger charge is -2.36. The molecular weight excluding hydrogens is 376 g/mol. The van der Waals surface area contributed by atoms with Crippen molar-refractivity contribution in [3.63, 3.8) is 0 Å². The first-order valence-electron chi connectivity index (χ1n) is 10.2. The third kappa shape index (κ3) is 4.41. The number of hydrogen-bond donors (Lipinski definition) is 2. The zero-order chi connectivity index (χ0) is 20.1. The molecule has 0 unspecified atom stereocenters. The van der Waals surface area contributed by atoms with Crippen LogP contribution in [0.4, 0.5) is 0 Å². The number of aliphatic hydroxyl groups excluding tert-OH is 1. The van der Waals surface area contributed by atoms with Crippen molar-refractivity contribution in [1.29, 1.82) is 0 Å². The molecular formula is C22H29ClN2O3. The van der Waals surface area contributed by atoms with Crippen LogP contribution in [-0.4, -0.2) is 27.7 Å². The molecule has 0 bridgehead atoms. The number of amides is 1. The number of carbonyl (C=O) groups is 1. The van der Waals surface area contributed by atoms with Crippen LogP contribution >= 0.6 is 11.6 Å². The highest BCUT2D eigenvalue weighted by molar-refractivity contribution is 6.31. The Balaban J connectivity index is 2.02. The molecule has 0 aromatic carbocycles. The summed E-state index contributed by atoms with van der Waals surface area (Å²) >= 11 is 6.26. The number of rotatable bonds is 6. The number of allylic oxidation sites excluding steroid dienone is 2. The maximum Gasteiger partial charge on any atom is 0.263 e. The molecule has 2 aliphatic carbocycles. The monoisotopic (exact) mass is 404 g/mol. The standard InChI is InChI=1S/C22H29ClN2O3/c1-2-3-12-25-19-14-17(23)9-7-8-16(19)13-18(21(25)28)20(27)24-22(15-26)10-5-4-6-11-22/h7-8,13-14,26H,2-6,9-12,15H2,1H3,(H,24,27). The maximum atomic E-state index is 13.2. The van der Waals surface area contributed by atoms with Gasteiger partial charge < -0.3 is 15.0 Å². The van der Waals surface area contributed by atoms with Gasteiger partial charge in [0.2, 0.25) is 0 Å². The van der Waals surface area contributed by atoms with Gasteiger partial charge in [0.05, 0.1) is 17.8 Å². The predicted molar refractivity (Wildman–Crippen MR) is 113 cm³/mol. The molecule has 0 atom stereocenters. The number of aromatic nitrogens is 1. The molecule has 2 N–H and O–H groups in total. The number of carbonyl (C=O) groups excluding carboxylic acids is 1. The molecule has 2 aliphatic rings.